The van der Waals surface area contributed by atoms with E-state index in [9.17, 15) is 19.2 Å². The van der Waals surface area contributed by atoms with E-state index in [-0.39, 0.29) is 43.4 Å². The molecular weight excluding hydrogens is 1010 g/mol. The average Bonchev–Trinajstić information content (AvgIpc) is 4.07. The molecule has 10 aromatic rings. The number of aromatic amines is 2. The molecule has 73 heavy (non-hydrogen) atoms. The van der Waals surface area contributed by atoms with Crippen molar-refractivity contribution in [2.75, 3.05) is 14.2 Å². The van der Waals surface area contributed by atoms with Crippen LogP contribution in [0.15, 0.2) is 195 Å². The quantitative estimate of drug-likeness (QED) is 0.0632. The van der Waals surface area contributed by atoms with Crippen molar-refractivity contribution in [2.45, 2.75) is 24.9 Å². The maximum atomic E-state index is 13.4. The van der Waals surface area contributed by atoms with Crippen LogP contribution in [0.4, 0.5) is 0 Å². The molecule has 2 unspecified atom stereocenters. The molecule has 17 heteroatoms. The SMILES string of the molecule is COC(=O)C(Cc1c[nH]c2ccccc12)NC(=O)c1ccnc(-c2cc(C(=O)NC(Cc3c[nH]c4ccccc34)C(=O)OC)ccn2)c1.[Ru].c1ccc(-c2ccccn2)nc1.c1ccc(-c2ccccn2)nc1. The van der Waals surface area contributed by atoms with E-state index in [0.29, 0.717) is 11.4 Å². The number of carbonyl (C=O) groups is 4. The summed E-state index contributed by atoms with van der Waals surface area (Å²) in [6, 6.07) is 42.7. The van der Waals surface area contributed by atoms with Gasteiger partial charge in [-0.2, -0.15) is 0 Å². The van der Waals surface area contributed by atoms with Gasteiger partial charge in [-0.3, -0.25) is 39.5 Å². The molecule has 366 valence electrons. The summed E-state index contributed by atoms with van der Waals surface area (Å²) >= 11 is 0. The van der Waals surface area contributed by atoms with Gasteiger partial charge in [-0.05, 0) is 96.1 Å². The summed E-state index contributed by atoms with van der Waals surface area (Å²) in [6.45, 7) is 0. The number of nitrogens with one attached hydrogen (secondary N) is 4. The van der Waals surface area contributed by atoms with E-state index < -0.39 is 35.8 Å². The van der Waals surface area contributed by atoms with Crippen molar-refractivity contribution in [2.24, 2.45) is 0 Å². The molecule has 8 aromatic heterocycles. The number of nitrogens with zero attached hydrogens (tertiary/aromatic N) is 6. The third-order valence-corrected chi connectivity index (χ3v) is 11.3. The second kappa shape index (κ2) is 25.7. The molecule has 0 fully saturated rings. The van der Waals surface area contributed by atoms with Gasteiger partial charge in [0, 0.05) is 115 Å². The Balaban J connectivity index is 0.000000251. The van der Waals surface area contributed by atoms with E-state index in [1.807, 2.05) is 134 Å². The van der Waals surface area contributed by atoms with Gasteiger partial charge in [0.2, 0.25) is 0 Å². The Morgan fingerprint density at radius 3 is 1.10 bits per heavy atom. The molecule has 2 amide bonds. The zero-order chi connectivity index (χ0) is 50.1. The Kier molecular flexibility index (Phi) is 18.2. The maximum absolute atomic E-state index is 13.4. The van der Waals surface area contributed by atoms with Gasteiger partial charge in [-0.15, -0.1) is 0 Å². The molecule has 2 atom stereocenters. The number of aromatic nitrogens is 8. The van der Waals surface area contributed by atoms with Crippen LogP contribution in [0.5, 0.6) is 0 Å². The molecule has 0 aliphatic heterocycles. The molecule has 2 aromatic carbocycles. The Hall–Kier alpha value is -9.08. The molecule has 8 heterocycles. The van der Waals surface area contributed by atoms with Crippen molar-refractivity contribution >= 4 is 45.6 Å². The van der Waals surface area contributed by atoms with Crippen LogP contribution in [0.3, 0.4) is 0 Å². The summed E-state index contributed by atoms with van der Waals surface area (Å²) in [5.74, 6) is -2.20. The number of hydrogen-bond acceptors (Lipinski definition) is 12. The first kappa shape index (κ1) is 51.8. The van der Waals surface area contributed by atoms with E-state index in [1.54, 1.807) is 24.8 Å². The summed E-state index contributed by atoms with van der Waals surface area (Å²) in [4.78, 5) is 83.9. The number of esters is 2. The van der Waals surface area contributed by atoms with Gasteiger partial charge in [0.1, 0.15) is 12.1 Å². The molecule has 0 saturated carbocycles. The van der Waals surface area contributed by atoms with Crippen LogP contribution in [0.1, 0.15) is 31.8 Å². The number of hydrogen-bond donors (Lipinski definition) is 4. The summed E-state index contributed by atoms with van der Waals surface area (Å²) in [5, 5.41) is 7.44. The third-order valence-electron chi connectivity index (χ3n) is 11.3. The van der Waals surface area contributed by atoms with E-state index in [4.69, 9.17) is 9.47 Å². The van der Waals surface area contributed by atoms with Crippen molar-refractivity contribution in [3.05, 3.63) is 217 Å². The maximum Gasteiger partial charge on any atom is 0.328 e. The first-order valence-electron chi connectivity index (χ1n) is 22.7. The van der Waals surface area contributed by atoms with Gasteiger partial charge in [0.25, 0.3) is 11.8 Å². The monoisotopic (exact) mass is 1060 g/mol. The molecule has 0 saturated heterocycles. The largest absolute Gasteiger partial charge is 0.467 e. The van der Waals surface area contributed by atoms with Crippen molar-refractivity contribution in [3.8, 4) is 34.2 Å². The third kappa shape index (κ3) is 13.6. The molecule has 0 aliphatic carbocycles. The van der Waals surface area contributed by atoms with E-state index >= 15 is 0 Å². The predicted octanol–water partition coefficient (Wildman–Crippen LogP) is 8.42. The van der Waals surface area contributed by atoms with Crippen LogP contribution < -0.4 is 10.6 Å². The fraction of sp³-hybridized carbons (Fsp3) is 0.107. The summed E-state index contributed by atoms with van der Waals surface area (Å²) < 4.78 is 9.96. The van der Waals surface area contributed by atoms with Gasteiger partial charge in [-0.25, -0.2) is 9.59 Å². The van der Waals surface area contributed by atoms with Crippen LogP contribution >= 0.6 is 0 Å². The zero-order valence-corrected chi connectivity index (χ0v) is 41.3. The minimum absolute atomic E-state index is 0. The number of para-hydroxylation sites is 2. The number of pyridine rings is 6. The number of fused-ring (bicyclic) bond motifs is 2. The van der Waals surface area contributed by atoms with Crippen molar-refractivity contribution in [3.63, 3.8) is 0 Å². The molecular formula is C56H48N10O6Ru. The molecule has 0 bridgehead atoms. The number of benzene rings is 2. The summed E-state index contributed by atoms with van der Waals surface area (Å²) in [7, 11) is 2.54. The topological polar surface area (TPSA) is 220 Å². The van der Waals surface area contributed by atoms with Crippen LogP contribution in [0.25, 0.3) is 56.0 Å². The Morgan fingerprint density at radius 2 is 0.767 bits per heavy atom. The first-order chi connectivity index (χ1) is 35.3. The van der Waals surface area contributed by atoms with Gasteiger partial charge < -0.3 is 30.1 Å². The van der Waals surface area contributed by atoms with E-state index in [0.717, 1.165) is 55.7 Å². The molecule has 0 spiro atoms. The molecule has 0 radical (unpaired) electrons. The summed E-state index contributed by atoms with van der Waals surface area (Å²) in [5.41, 5.74) is 8.31. The van der Waals surface area contributed by atoms with Crippen LogP contribution in [-0.4, -0.2) is 89.9 Å². The van der Waals surface area contributed by atoms with Crippen LogP contribution in [0.2, 0.25) is 0 Å². The zero-order valence-electron chi connectivity index (χ0n) is 39.5. The number of carbonyl (C=O) groups excluding carboxylic acids is 4. The van der Waals surface area contributed by atoms with Crippen LogP contribution in [-0.2, 0) is 51.4 Å². The minimum atomic E-state index is -0.949. The second-order valence-electron chi connectivity index (χ2n) is 15.9. The van der Waals surface area contributed by atoms with E-state index in [1.165, 1.54) is 50.9 Å². The Labute approximate surface area is 432 Å². The molecule has 4 N–H and O–H groups in total. The number of rotatable bonds is 13. The Morgan fingerprint density at radius 1 is 0.438 bits per heavy atom. The molecule has 16 nitrogen and oxygen atoms in total. The van der Waals surface area contributed by atoms with E-state index in [2.05, 4.69) is 50.5 Å². The van der Waals surface area contributed by atoms with Crippen molar-refractivity contribution < 1.29 is 48.1 Å². The van der Waals surface area contributed by atoms with Crippen molar-refractivity contribution in [1.82, 2.24) is 50.5 Å². The minimum Gasteiger partial charge on any atom is -0.467 e. The first-order valence-corrected chi connectivity index (χ1v) is 22.7. The smallest absolute Gasteiger partial charge is 0.328 e. The number of amides is 2. The summed E-state index contributed by atoms with van der Waals surface area (Å²) in [6.07, 6.45) is 14.0. The second-order valence-corrected chi connectivity index (χ2v) is 15.9. The number of ether oxygens (including phenoxy) is 2. The van der Waals surface area contributed by atoms with Gasteiger partial charge in [0.15, 0.2) is 0 Å². The normalized spacial score (nSPS) is 11.3. The average molecular weight is 1060 g/mol. The predicted molar refractivity (Wildman–Crippen MR) is 273 cm³/mol. The Bertz CT molecular complexity index is 3100. The van der Waals surface area contributed by atoms with Gasteiger partial charge >= 0.3 is 11.9 Å². The molecule has 0 aliphatic rings. The standard InChI is InChI=1S/C36H32N6O6.2C10H8N2.Ru/c1-47-35(45)31(17-23-19-39-27-9-5-3-7-25(23)27)41-33(43)21-11-13-37-29(15-21)30-16-22(12-14-38-30)34(44)42-32(36(46)48-2)18-24-20-40-28-10-6-4-8-26(24)28;2*1-3-7-11-9(5-1)10-6-2-4-8-12-10;/h3-16,19-20,31-32,39-40H,17-18H2,1-2H3,(H,41,43)(H,42,44);2*1-8H;. The van der Waals surface area contributed by atoms with Gasteiger partial charge in [-0.1, -0.05) is 60.7 Å². The number of H-pyrrole nitrogens is 2. The number of methoxy groups -OCH3 is 2. The molecule has 10 rings (SSSR count). The van der Waals surface area contributed by atoms with Crippen LogP contribution in [0, 0.1) is 0 Å². The fourth-order valence-corrected chi connectivity index (χ4v) is 7.68. The van der Waals surface area contributed by atoms with Gasteiger partial charge in [0.05, 0.1) is 48.4 Å². The fourth-order valence-electron chi connectivity index (χ4n) is 7.68. The van der Waals surface area contributed by atoms with Crippen molar-refractivity contribution in [1.29, 1.82) is 0 Å².